The van der Waals surface area contributed by atoms with Crippen LogP contribution in [-0.4, -0.2) is 35.5 Å². The summed E-state index contributed by atoms with van der Waals surface area (Å²) in [5.41, 5.74) is 0. The van der Waals surface area contributed by atoms with E-state index < -0.39 is 0 Å². The number of carbonyl (C=O) groups is 1. The fraction of sp³-hybridized carbons (Fsp3) is 0.917. The minimum absolute atomic E-state index is 0.0435. The summed E-state index contributed by atoms with van der Waals surface area (Å²) < 4.78 is 0. The van der Waals surface area contributed by atoms with Crippen molar-refractivity contribution in [3.05, 3.63) is 0 Å². The van der Waals surface area contributed by atoms with Gasteiger partial charge in [-0.3, -0.25) is 4.79 Å². The first-order valence-electron chi connectivity index (χ1n) is 6.33. The first-order valence-corrected chi connectivity index (χ1v) is 6.33. The Labute approximate surface area is 91.2 Å². The molecule has 0 radical (unpaired) electrons. The van der Waals surface area contributed by atoms with Gasteiger partial charge in [-0.2, -0.15) is 0 Å². The van der Waals surface area contributed by atoms with E-state index in [-0.39, 0.29) is 6.04 Å². The van der Waals surface area contributed by atoms with E-state index >= 15 is 0 Å². The summed E-state index contributed by atoms with van der Waals surface area (Å²) in [6.07, 6.45) is 6.54. The van der Waals surface area contributed by atoms with E-state index in [0.717, 1.165) is 12.5 Å². The first kappa shape index (κ1) is 9.64. The molecule has 0 aromatic carbocycles. The van der Waals surface area contributed by atoms with Crippen molar-refractivity contribution in [2.75, 3.05) is 6.54 Å². The molecule has 0 unspecified atom stereocenters. The zero-order valence-corrected chi connectivity index (χ0v) is 9.41. The van der Waals surface area contributed by atoms with Gasteiger partial charge in [0.15, 0.2) is 0 Å². The van der Waals surface area contributed by atoms with Crippen molar-refractivity contribution in [2.24, 2.45) is 5.92 Å². The molecule has 1 saturated carbocycles. The van der Waals surface area contributed by atoms with Crippen molar-refractivity contribution >= 4 is 5.91 Å². The lowest BCUT2D eigenvalue weighted by Crippen LogP contribution is -2.59. The number of hydrogen-bond acceptors (Lipinski definition) is 2. The van der Waals surface area contributed by atoms with Crippen LogP contribution in [0.5, 0.6) is 0 Å². The van der Waals surface area contributed by atoms with Gasteiger partial charge in [0, 0.05) is 18.6 Å². The highest BCUT2D eigenvalue weighted by molar-refractivity contribution is 5.83. The molecule has 3 rings (SSSR count). The zero-order valence-electron chi connectivity index (χ0n) is 9.41. The minimum Gasteiger partial charge on any atom is -0.334 e. The number of nitrogens with one attached hydrogen (secondary N) is 1. The second kappa shape index (κ2) is 3.48. The first-order chi connectivity index (χ1) is 7.27. The molecule has 2 saturated heterocycles. The molecule has 0 aromatic rings. The third-order valence-corrected chi connectivity index (χ3v) is 4.48. The van der Waals surface area contributed by atoms with Crippen molar-refractivity contribution in [1.82, 2.24) is 10.2 Å². The van der Waals surface area contributed by atoms with Crippen LogP contribution in [0.25, 0.3) is 0 Å². The molecule has 3 heteroatoms. The normalized spacial score (nSPS) is 45.1. The van der Waals surface area contributed by atoms with E-state index in [4.69, 9.17) is 0 Å². The lowest BCUT2D eigenvalue weighted by molar-refractivity contribution is -0.139. The Bertz CT molecular complexity index is 279. The van der Waals surface area contributed by atoms with Gasteiger partial charge in [-0.15, -0.1) is 0 Å². The van der Waals surface area contributed by atoms with Gasteiger partial charge < -0.3 is 10.2 Å². The quantitative estimate of drug-likeness (QED) is 0.647. The van der Waals surface area contributed by atoms with Crippen molar-refractivity contribution in [2.45, 2.75) is 57.2 Å². The Hall–Kier alpha value is -0.570. The Kier molecular flexibility index (Phi) is 2.23. The van der Waals surface area contributed by atoms with Crippen molar-refractivity contribution in [3.8, 4) is 0 Å². The standard InChI is InChI=1S/C12H20N2O/c1-8-12(15)14-10(7-13-8)6-9-4-2-3-5-11(9)14/h8-11,13H,2-7H2,1H3/t8-,9-,10-,11-/m0/s1. The monoisotopic (exact) mass is 208 g/mol. The van der Waals surface area contributed by atoms with Gasteiger partial charge in [0.1, 0.15) is 0 Å². The number of piperazine rings is 1. The summed E-state index contributed by atoms with van der Waals surface area (Å²) in [6.45, 7) is 3.01. The summed E-state index contributed by atoms with van der Waals surface area (Å²) in [7, 11) is 0. The van der Waals surface area contributed by atoms with E-state index in [1.165, 1.54) is 32.1 Å². The lowest BCUT2D eigenvalue weighted by atomic mass is 9.85. The lowest BCUT2D eigenvalue weighted by Gasteiger charge is -2.39. The number of carbonyl (C=O) groups excluding carboxylic acids is 1. The highest BCUT2D eigenvalue weighted by Crippen LogP contribution is 2.40. The summed E-state index contributed by atoms with van der Waals surface area (Å²) in [5.74, 6) is 1.15. The van der Waals surface area contributed by atoms with Crippen molar-refractivity contribution in [1.29, 1.82) is 0 Å². The van der Waals surface area contributed by atoms with Crippen LogP contribution in [0.4, 0.5) is 0 Å². The van der Waals surface area contributed by atoms with Crippen molar-refractivity contribution in [3.63, 3.8) is 0 Å². The Morgan fingerprint density at radius 1 is 1.33 bits per heavy atom. The van der Waals surface area contributed by atoms with Crippen molar-refractivity contribution < 1.29 is 4.79 Å². The van der Waals surface area contributed by atoms with Gasteiger partial charge in [-0.05, 0) is 32.1 Å². The summed E-state index contributed by atoms with van der Waals surface area (Å²) in [6, 6.07) is 1.13. The molecule has 0 aromatic heterocycles. The second-order valence-corrected chi connectivity index (χ2v) is 5.38. The van der Waals surface area contributed by atoms with E-state index in [2.05, 4.69) is 10.2 Å². The molecule has 1 aliphatic carbocycles. The largest absolute Gasteiger partial charge is 0.334 e. The third kappa shape index (κ3) is 1.40. The molecule has 1 amide bonds. The van der Waals surface area contributed by atoms with Crippen LogP contribution < -0.4 is 5.32 Å². The molecule has 4 atom stereocenters. The predicted molar refractivity (Wildman–Crippen MR) is 58.5 cm³/mol. The molecule has 2 aliphatic heterocycles. The summed E-state index contributed by atoms with van der Waals surface area (Å²) in [4.78, 5) is 14.4. The summed E-state index contributed by atoms with van der Waals surface area (Å²) in [5, 5.41) is 3.32. The third-order valence-electron chi connectivity index (χ3n) is 4.48. The summed E-state index contributed by atoms with van der Waals surface area (Å²) >= 11 is 0. The van der Waals surface area contributed by atoms with E-state index in [9.17, 15) is 4.79 Å². The maximum atomic E-state index is 12.1. The number of nitrogens with zero attached hydrogens (tertiary/aromatic N) is 1. The highest BCUT2D eigenvalue weighted by Gasteiger charge is 2.47. The number of hydrogen-bond donors (Lipinski definition) is 1. The predicted octanol–water partition coefficient (Wildman–Crippen LogP) is 1.14. The fourth-order valence-corrected chi connectivity index (χ4v) is 3.71. The molecule has 3 aliphatic rings. The van der Waals surface area contributed by atoms with Crippen LogP contribution in [0.15, 0.2) is 0 Å². The van der Waals surface area contributed by atoms with Crippen LogP contribution in [0.1, 0.15) is 39.0 Å². The van der Waals surface area contributed by atoms with Gasteiger partial charge in [0.2, 0.25) is 5.91 Å². The Balaban J connectivity index is 1.84. The Morgan fingerprint density at radius 3 is 3.00 bits per heavy atom. The van der Waals surface area contributed by atoms with Gasteiger partial charge in [-0.25, -0.2) is 0 Å². The SMILES string of the molecule is C[C@@H]1NC[C@@H]2C[C@@H]3CCCC[C@@H]3N2C1=O. The topological polar surface area (TPSA) is 32.3 Å². The maximum Gasteiger partial charge on any atom is 0.239 e. The van der Waals surface area contributed by atoms with E-state index in [1.807, 2.05) is 6.92 Å². The van der Waals surface area contributed by atoms with E-state index in [1.54, 1.807) is 0 Å². The van der Waals surface area contributed by atoms with Gasteiger partial charge in [0.25, 0.3) is 0 Å². The van der Waals surface area contributed by atoms with Crippen LogP contribution in [0.3, 0.4) is 0 Å². The molecule has 0 bridgehead atoms. The smallest absolute Gasteiger partial charge is 0.239 e. The Morgan fingerprint density at radius 2 is 2.13 bits per heavy atom. The fourth-order valence-electron chi connectivity index (χ4n) is 3.71. The molecule has 15 heavy (non-hydrogen) atoms. The van der Waals surface area contributed by atoms with E-state index in [0.29, 0.717) is 18.0 Å². The highest BCUT2D eigenvalue weighted by atomic mass is 16.2. The zero-order chi connectivity index (χ0) is 10.4. The maximum absolute atomic E-state index is 12.1. The van der Waals surface area contributed by atoms with Gasteiger partial charge in [-0.1, -0.05) is 12.8 Å². The number of rotatable bonds is 0. The van der Waals surface area contributed by atoms with Crippen LogP contribution in [-0.2, 0) is 4.79 Å². The average molecular weight is 208 g/mol. The van der Waals surface area contributed by atoms with Crippen LogP contribution >= 0.6 is 0 Å². The molecule has 3 fully saturated rings. The second-order valence-electron chi connectivity index (χ2n) is 5.38. The molecular formula is C12H20N2O. The molecule has 0 spiro atoms. The molecule has 1 N–H and O–H groups in total. The molecule has 84 valence electrons. The number of amides is 1. The molecular weight excluding hydrogens is 188 g/mol. The molecule has 3 nitrogen and oxygen atoms in total. The molecule has 2 heterocycles. The van der Waals surface area contributed by atoms with Gasteiger partial charge in [0.05, 0.1) is 6.04 Å². The minimum atomic E-state index is 0.0435. The average Bonchev–Trinajstić information content (AvgIpc) is 2.62. The van der Waals surface area contributed by atoms with Gasteiger partial charge >= 0.3 is 0 Å². The van der Waals surface area contributed by atoms with Crippen LogP contribution in [0.2, 0.25) is 0 Å². The number of fused-ring (bicyclic) bond motifs is 3. The van der Waals surface area contributed by atoms with Crippen LogP contribution in [0, 0.1) is 5.92 Å².